The highest BCUT2D eigenvalue weighted by Crippen LogP contribution is 2.24. The summed E-state index contributed by atoms with van der Waals surface area (Å²) in [6.45, 7) is 4.40. The highest BCUT2D eigenvalue weighted by molar-refractivity contribution is 5.45. The Morgan fingerprint density at radius 1 is 1.18 bits per heavy atom. The molecule has 0 saturated carbocycles. The molecule has 0 amide bonds. The van der Waals surface area contributed by atoms with Gasteiger partial charge in [-0.3, -0.25) is 0 Å². The van der Waals surface area contributed by atoms with Gasteiger partial charge in [-0.05, 0) is 48.9 Å². The van der Waals surface area contributed by atoms with E-state index < -0.39 is 0 Å². The normalized spacial score (nSPS) is 18.2. The Bertz CT molecular complexity index is 661. The first-order valence-corrected chi connectivity index (χ1v) is 7.89. The van der Waals surface area contributed by atoms with Crippen LogP contribution < -0.4 is 16.8 Å². The number of hydrogen-bond donors (Lipinski definition) is 3. The number of nitrogens with one attached hydrogen (secondary N) is 1. The van der Waals surface area contributed by atoms with E-state index in [1.165, 1.54) is 17.5 Å². The van der Waals surface area contributed by atoms with Gasteiger partial charge in [0.15, 0.2) is 0 Å². The van der Waals surface area contributed by atoms with E-state index in [4.69, 9.17) is 11.5 Å². The van der Waals surface area contributed by atoms with Crippen molar-refractivity contribution in [3.8, 4) is 5.69 Å². The summed E-state index contributed by atoms with van der Waals surface area (Å²) in [7, 11) is 0. The second-order valence-electron chi connectivity index (χ2n) is 6.29. The second-order valence-corrected chi connectivity index (χ2v) is 6.29. The summed E-state index contributed by atoms with van der Waals surface area (Å²) < 4.78 is 1.60. The lowest BCUT2D eigenvalue weighted by Gasteiger charge is -2.18. The Kier molecular flexibility index (Phi) is 4.02. The van der Waals surface area contributed by atoms with Gasteiger partial charge in [0.2, 0.25) is 11.9 Å². The Hall–Kier alpha value is -2.08. The Morgan fingerprint density at radius 2 is 1.91 bits per heavy atom. The topological polar surface area (TPSA) is 94.8 Å². The second kappa shape index (κ2) is 5.96. The highest BCUT2D eigenvalue weighted by Gasteiger charge is 2.18. The number of nitrogens with two attached hydrogens (primary N) is 2. The standard InChI is InChI=1S/C16H24N6/c1-10(2)19-13-6-3-11-5-8-14(9-12(11)4-7-13)22-16(18)20-15(17)21-22/h5,8-10,13,19H,3-4,6-7H2,1-2H3,(H4,17,18,20,21)/t13-/m0/s1. The van der Waals surface area contributed by atoms with Gasteiger partial charge in [-0.15, -0.1) is 5.10 Å². The van der Waals surface area contributed by atoms with Crippen molar-refractivity contribution in [2.45, 2.75) is 51.6 Å². The lowest BCUT2D eigenvalue weighted by Crippen LogP contribution is -2.34. The maximum Gasteiger partial charge on any atom is 0.241 e. The van der Waals surface area contributed by atoms with Crippen LogP contribution in [0.1, 0.15) is 37.8 Å². The Labute approximate surface area is 130 Å². The fourth-order valence-electron chi connectivity index (χ4n) is 3.19. The molecule has 1 atom stereocenters. The van der Waals surface area contributed by atoms with Crippen molar-refractivity contribution >= 4 is 11.9 Å². The molecule has 1 aliphatic carbocycles. The third-order valence-electron chi connectivity index (χ3n) is 4.18. The lowest BCUT2D eigenvalue weighted by atomic mass is 10.0. The maximum atomic E-state index is 5.86. The minimum atomic E-state index is 0.202. The number of aryl methyl sites for hydroxylation is 2. The Balaban J connectivity index is 1.84. The molecular weight excluding hydrogens is 276 g/mol. The maximum absolute atomic E-state index is 5.86. The molecule has 22 heavy (non-hydrogen) atoms. The summed E-state index contributed by atoms with van der Waals surface area (Å²) in [5.74, 6) is 0.527. The van der Waals surface area contributed by atoms with Crippen LogP contribution in [0.3, 0.4) is 0 Å². The summed E-state index contributed by atoms with van der Waals surface area (Å²) in [6.07, 6.45) is 4.51. The molecule has 1 aromatic heterocycles. The molecule has 0 fully saturated rings. The first-order valence-electron chi connectivity index (χ1n) is 7.89. The van der Waals surface area contributed by atoms with Crippen LogP contribution in [0.2, 0.25) is 0 Å². The fourth-order valence-corrected chi connectivity index (χ4v) is 3.19. The van der Waals surface area contributed by atoms with Crippen LogP contribution in [-0.2, 0) is 12.8 Å². The smallest absolute Gasteiger partial charge is 0.241 e. The van der Waals surface area contributed by atoms with Crippen molar-refractivity contribution in [1.29, 1.82) is 0 Å². The van der Waals surface area contributed by atoms with Gasteiger partial charge in [-0.1, -0.05) is 19.9 Å². The third kappa shape index (κ3) is 3.06. The number of hydrogen-bond acceptors (Lipinski definition) is 5. The van der Waals surface area contributed by atoms with E-state index in [0.717, 1.165) is 24.9 Å². The summed E-state index contributed by atoms with van der Waals surface area (Å²) in [6, 6.07) is 7.50. The van der Waals surface area contributed by atoms with Gasteiger partial charge >= 0.3 is 0 Å². The molecule has 0 spiro atoms. The molecule has 0 radical (unpaired) electrons. The summed E-state index contributed by atoms with van der Waals surface area (Å²) in [5, 5.41) is 7.80. The van der Waals surface area contributed by atoms with Gasteiger partial charge in [-0.25, -0.2) is 0 Å². The van der Waals surface area contributed by atoms with Crippen LogP contribution in [0.4, 0.5) is 11.9 Å². The highest BCUT2D eigenvalue weighted by atomic mass is 15.4. The van der Waals surface area contributed by atoms with E-state index in [1.54, 1.807) is 4.68 Å². The number of nitrogen functional groups attached to an aromatic ring is 2. The molecule has 0 bridgehead atoms. The monoisotopic (exact) mass is 300 g/mol. The van der Waals surface area contributed by atoms with E-state index in [-0.39, 0.29) is 5.95 Å². The van der Waals surface area contributed by atoms with E-state index in [1.807, 2.05) is 6.07 Å². The van der Waals surface area contributed by atoms with Crippen LogP contribution in [0.5, 0.6) is 0 Å². The molecule has 2 aromatic rings. The van der Waals surface area contributed by atoms with E-state index in [9.17, 15) is 0 Å². The van der Waals surface area contributed by atoms with Gasteiger partial charge < -0.3 is 16.8 Å². The molecule has 6 heteroatoms. The molecule has 0 aliphatic heterocycles. The van der Waals surface area contributed by atoms with Crippen LogP contribution >= 0.6 is 0 Å². The summed E-state index contributed by atoms with van der Waals surface area (Å²) in [5.41, 5.74) is 15.2. The van der Waals surface area contributed by atoms with Crippen molar-refractivity contribution in [1.82, 2.24) is 20.1 Å². The zero-order valence-corrected chi connectivity index (χ0v) is 13.2. The van der Waals surface area contributed by atoms with Gasteiger partial charge in [0, 0.05) is 12.1 Å². The van der Waals surface area contributed by atoms with E-state index in [2.05, 4.69) is 41.4 Å². The van der Waals surface area contributed by atoms with Gasteiger partial charge in [0.25, 0.3) is 0 Å². The van der Waals surface area contributed by atoms with Crippen LogP contribution in [0.25, 0.3) is 5.69 Å². The number of rotatable bonds is 3. The molecule has 1 aliphatic rings. The van der Waals surface area contributed by atoms with E-state index >= 15 is 0 Å². The largest absolute Gasteiger partial charge is 0.368 e. The molecule has 0 unspecified atom stereocenters. The number of fused-ring (bicyclic) bond motifs is 1. The Morgan fingerprint density at radius 3 is 2.55 bits per heavy atom. The van der Waals surface area contributed by atoms with Crippen molar-refractivity contribution in [2.75, 3.05) is 11.5 Å². The fraction of sp³-hybridized carbons (Fsp3) is 0.500. The van der Waals surface area contributed by atoms with Gasteiger partial charge in [0.1, 0.15) is 0 Å². The molecule has 5 N–H and O–H groups in total. The molecule has 1 heterocycles. The van der Waals surface area contributed by atoms with Crippen LogP contribution in [0.15, 0.2) is 18.2 Å². The number of aromatic nitrogens is 3. The zero-order chi connectivity index (χ0) is 15.7. The van der Waals surface area contributed by atoms with Gasteiger partial charge in [-0.2, -0.15) is 9.67 Å². The van der Waals surface area contributed by atoms with Crippen molar-refractivity contribution in [3.63, 3.8) is 0 Å². The molecule has 6 nitrogen and oxygen atoms in total. The first kappa shape index (κ1) is 14.8. The van der Waals surface area contributed by atoms with E-state index in [0.29, 0.717) is 18.0 Å². The van der Waals surface area contributed by atoms with Gasteiger partial charge in [0.05, 0.1) is 5.69 Å². The molecule has 118 valence electrons. The predicted molar refractivity (Wildman–Crippen MR) is 88.9 cm³/mol. The minimum Gasteiger partial charge on any atom is -0.368 e. The summed E-state index contributed by atoms with van der Waals surface area (Å²) in [4.78, 5) is 3.96. The van der Waals surface area contributed by atoms with Crippen LogP contribution in [0, 0.1) is 0 Å². The average molecular weight is 300 g/mol. The number of anilines is 2. The summed E-state index contributed by atoms with van der Waals surface area (Å²) >= 11 is 0. The molecular formula is C16H24N6. The van der Waals surface area contributed by atoms with Crippen molar-refractivity contribution in [3.05, 3.63) is 29.3 Å². The lowest BCUT2D eigenvalue weighted by molar-refractivity contribution is 0.424. The van der Waals surface area contributed by atoms with Crippen molar-refractivity contribution < 1.29 is 0 Å². The third-order valence-corrected chi connectivity index (χ3v) is 4.18. The average Bonchev–Trinajstić information content (AvgIpc) is 2.68. The minimum absolute atomic E-state index is 0.202. The molecule has 1 aromatic carbocycles. The molecule has 0 saturated heterocycles. The molecule has 3 rings (SSSR count). The SMILES string of the molecule is CC(C)N[C@H]1CCc2ccc(-n3nc(N)nc3N)cc2CC1. The predicted octanol–water partition coefficient (Wildman–Crippen LogP) is 1.68. The van der Waals surface area contributed by atoms with Crippen LogP contribution in [-0.4, -0.2) is 26.8 Å². The number of nitrogens with zero attached hydrogens (tertiary/aromatic N) is 3. The first-order chi connectivity index (χ1) is 10.5. The van der Waals surface area contributed by atoms with Crippen molar-refractivity contribution in [2.24, 2.45) is 0 Å². The zero-order valence-electron chi connectivity index (χ0n) is 13.2. The quantitative estimate of drug-likeness (QED) is 0.750. The number of benzene rings is 1.